The molecule has 6 rings (SSSR count). The van der Waals surface area contributed by atoms with Gasteiger partial charge < -0.3 is 24.3 Å². The lowest BCUT2D eigenvalue weighted by Crippen LogP contribution is -2.48. The number of nitrogens with zero attached hydrogens (tertiary/aromatic N) is 6. The first-order valence-electron chi connectivity index (χ1n) is 13.4. The van der Waals surface area contributed by atoms with E-state index >= 15 is 0 Å². The highest BCUT2D eigenvalue weighted by Crippen LogP contribution is 2.38. The Bertz CT molecular complexity index is 1160. The van der Waals surface area contributed by atoms with Crippen LogP contribution >= 0.6 is 0 Å². The maximum atomic E-state index is 12.1. The summed E-state index contributed by atoms with van der Waals surface area (Å²) < 4.78 is 6.22. The summed E-state index contributed by atoms with van der Waals surface area (Å²) >= 11 is 0. The van der Waals surface area contributed by atoms with Crippen LogP contribution in [0.1, 0.15) is 41.6 Å². The molecule has 1 aromatic carbocycles. The van der Waals surface area contributed by atoms with Gasteiger partial charge >= 0.3 is 6.01 Å². The molecule has 1 amide bonds. The van der Waals surface area contributed by atoms with Gasteiger partial charge in [0, 0.05) is 50.0 Å². The third-order valence-corrected chi connectivity index (χ3v) is 8.34. The van der Waals surface area contributed by atoms with Crippen LogP contribution in [0.3, 0.4) is 0 Å². The normalized spacial score (nSPS) is 21.6. The van der Waals surface area contributed by atoms with Gasteiger partial charge in [-0.1, -0.05) is 18.7 Å². The predicted molar refractivity (Wildman–Crippen MR) is 141 cm³/mol. The Kier molecular flexibility index (Phi) is 6.29. The van der Waals surface area contributed by atoms with Crippen molar-refractivity contribution in [2.45, 2.75) is 51.2 Å². The van der Waals surface area contributed by atoms with Crippen LogP contribution in [0.4, 0.5) is 11.5 Å². The fourth-order valence-electron chi connectivity index (χ4n) is 6.24. The minimum absolute atomic E-state index is 0.00335. The number of rotatable bonds is 6. The Labute approximate surface area is 213 Å². The number of amides is 1. The molecule has 4 aliphatic rings. The Morgan fingerprint density at radius 3 is 2.69 bits per heavy atom. The summed E-state index contributed by atoms with van der Waals surface area (Å²) in [5.41, 5.74) is 6.58. The lowest BCUT2D eigenvalue weighted by molar-refractivity contribution is -0.126. The van der Waals surface area contributed by atoms with Crippen molar-refractivity contribution in [1.82, 2.24) is 19.8 Å². The van der Waals surface area contributed by atoms with E-state index in [1.165, 1.54) is 47.7 Å². The van der Waals surface area contributed by atoms with Gasteiger partial charge in [0.05, 0.1) is 12.2 Å². The molecule has 8 nitrogen and oxygen atoms in total. The summed E-state index contributed by atoms with van der Waals surface area (Å²) in [4.78, 5) is 31.0. The van der Waals surface area contributed by atoms with E-state index in [1.54, 1.807) is 0 Å². The van der Waals surface area contributed by atoms with Crippen LogP contribution in [0.2, 0.25) is 0 Å². The van der Waals surface area contributed by atoms with E-state index in [4.69, 9.17) is 14.7 Å². The van der Waals surface area contributed by atoms with E-state index in [0.717, 1.165) is 57.1 Å². The van der Waals surface area contributed by atoms with E-state index < -0.39 is 0 Å². The van der Waals surface area contributed by atoms with Crippen molar-refractivity contribution in [3.8, 4) is 6.01 Å². The number of aromatic nitrogens is 2. The van der Waals surface area contributed by atoms with Crippen molar-refractivity contribution in [1.29, 1.82) is 0 Å². The van der Waals surface area contributed by atoms with Crippen LogP contribution in [-0.2, 0) is 30.7 Å². The molecular weight excluding hydrogens is 452 g/mol. The van der Waals surface area contributed by atoms with Gasteiger partial charge in [-0.05, 0) is 69.0 Å². The number of ether oxygens (including phenoxy) is 1. The largest absolute Gasteiger partial charge is 0.462 e. The van der Waals surface area contributed by atoms with Crippen molar-refractivity contribution in [2.75, 3.05) is 56.2 Å². The van der Waals surface area contributed by atoms with Gasteiger partial charge in [-0.25, -0.2) is 0 Å². The monoisotopic (exact) mass is 488 g/mol. The summed E-state index contributed by atoms with van der Waals surface area (Å²) in [5, 5.41) is 0. The Morgan fingerprint density at radius 1 is 1.06 bits per heavy atom. The van der Waals surface area contributed by atoms with Crippen molar-refractivity contribution < 1.29 is 9.53 Å². The van der Waals surface area contributed by atoms with Gasteiger partial charge in [0.1, 0.15) is 12.4 Å². The van der Waals surface area contributed by atoms with E-state index in [2.05, 4.69) is 46.5 Å². The molecule has 36 heavy (non-hydrogen) atoms. The number of aryl methyl sites for hydroxylation is 1. The smallest absolute Gasteiger partial charge is 0.318 e. The van der Waals surface area contributed by atoms with E-state index in [-0.39, 0.29) is 5.91 Å². The highest BCUT2D eigenvalue weighted by atomic mass is 16.5. The molecule has 0 N–H and O–H groups in total. The van der Waals surface area contributed by atoms with Gasteiger partial charge in [-0.2, -0.15) is 9.97 Å². The Balaban J connectivity index is 1.27. The minimum Gasteiger partial charge on any atom is -0.462 e. The van der Waals surface area contributed by atoms with Crippen molar-refractivity contribution in [3.63, 3.8) is 0 Å². The highest BCUT2D eigenvalue weighted by Gasteiger charge is 2.32. The molecule has 1 aromatic heterocycles. The third-order valence-electron chi connectivity index (χ3n) is 8.34. The summed E-state index contributed by atoms with van der Waals surface area (Å²) in [6.45, 7) is 9.78. The molecule has 1 aliphatic carbocycles. The zero-order valence-corrected chi connectivity index (χ0v) is 21.3. The highest BCUT2D eigenvalue weighted by molar-refractivity contribution is 5.87. The predicted octanol–water partition coefficient (Wildman–Crippen LogP) is 2.79. The summed E-state index contributed by atoms with van der Waals surface area (Å²) in [6.07, 6.45) is 7.33. The van der Waals surface area contributed by atoms with Gasteiger partial charge in [0.15, 0.2) is 0 Å². The van der Waals surface area contributed by atoms with Gasteiger partial charge in [-0.3, -0.25) is 4.79 Å². The second kappa shape index (κ2) is 9.73. The molecule has 0 radical (unpaired) electrons. The summed E-state index contributed by atoms with van der Waals surface area (Å²) in [5.74, 6) is 0.965. The molecule has 1 atom stereocenters. The maximum absolute atomic E-state index is 12.1. The maximum Gasteiger partial charge on any atom is 0.318 e. The van der Waals surface area contributed by atoms with Crippen molar-refractivity contribution in [3.05, 3.63) is 53.2 Å². The molecule has 8 heteroatoms. The fourth-order valence-corrected chi connectivity index (χ4v) is 6.24. The van der Waals surface area contributed by atoms with E-state index in [0.29, 0.717) is 31.7 Å². The number of anilines is 2. The number of fused-ring (bicyclic) bond motifs is 2. The molecule has 2 saturated heterocycles. The molecular formula is C28H36N6O2. The Hall–Kier alpha value is -3.13. The van der Waals surface area contributed by atoms with E-state index in [1.807, 2.05) is 4.90 Å². The van der Waals surface area contributed by atoms with Crippen molar-refractivity contribution in [2.24, 2.45) is 0 Å². The number of likely N-dealkylation sites (N-methyl/N-ethyl adjacent to an activating group) is 1. The second-order valence-corrected chi connectivity index (χ2v) is 10.5. The second-order valence-electron chi connectivity index (χ2n) is 10.5. The van der Waals surface area contributed by atoms with Crippen LogP contribution in [0, 0.1) is 0 Å². The number of piperazine rings is 1. The molecule has 2 aromatic rings. The number of likely N-dealkylation sites (tertiary alicyclic amines) is 1. The van der Waals surface area contributed by atoms with Gasteiger partial charge in [-0.15, -0.1) is 0 Å². The number of hydrogen-bond donors (Lipinski definition) is 0. The first kappa shape index (κ1) is 23.3. The molecule has 2 fully saturated rings. The van der Waals surface area contributed by atoms with E-state index in [9.17, 15) is 4.79 Å². The SMILES string of the molecule is C=CC(=O)N1CCN(c2nc(OC[C@@H]3CCCN3C)nc3c2CN(c2cccc4c2CCC4)C3)CC1. The minimum atomic E-state index is -0.00335. The fraction of sp³-hybridized carbons (Fsp3) is 0.536. The molecule has 0 saturated carbocycles. The topological polar surface area (TPSA) is 65.0 Å². The first-order chi connectivity index (χ1) is 17.6. The van der Waals surface area contributed by atoms with Crippen LogP contribution in [0.5, 0.6) is 6.01 Å². The number of carbonyl (C=O) groups is 1. The molecule has 190 valence electrons. The Morgan fingerprint density at radius 2 is 1.92 bits per heavy atom. The van der Waals surface area contributed by atoms with Gasteiger partial charge in [0.2, 0.25) is 5.91 Å². The van der Waals surface area contributed by atoms with Crippen LogP contribution in [-0.4, -0.2) is 78.1 Å². The summed E-state index contributed by atoms with van der Waals surface area (Å²) in [6, 6.07) is 7.63. The molecule has 0 bridgehead atoms. The summed E-state index contributed by atoms with van der Waals surface area (Å²) in [7, 11) is 2.16. The lowest BCUT2D eigenvalue weighted by atomic mass is 10.1. The molecule has 3 aliphatic heterocycles. The quantitative estimate of drug-likeness (QED) is 0.580. The first-order valence-corrected chi connectivity index (χ1v) is 13.4. The average Bonchev–Trinajstić information content (AvgIpc) is 3.65. The molecule has 4 heterocycles. The molecule has 0 unspecified atom stereocenters. The number of hydrogen-bond acceptors (Lipinski definition) is 7. The van der Waals surface area contributed by atoms with Crippen LogP contribution < -0.4 is 14.5 Å². The standard InChI is InChI=1S/C28H36N6O2/c1-3-26(35)32-13-15-33(16-14-32)27-23-17-34(25-11-5-8-20-7-4-10-22(20)25)18-24(23)29-28(30-27)36-19-21-9-6-12-31(21)2/h3,5,8,11,21H,1,4,6-7,9-10,12-19H2,2H3/t21-/m0/s1. The average molecular weight is 489 g/mol. The van der Waals surface area contributed by atoms with Crippen molar-refractivity contribution >= 4 is 17.4 Å². The van der Waals surface area contributed by atoms with Gasteiger partial charge in [0.25, 0.3) is 0 Å². The third kappa shape index (κ3) is 4.32. The van der Waals surface area contributed by atoms with Crippen LogP contribution in [0.25, 0.3) is 0 Å². The zero-order chi connectivity index (χ0) is 24.6. The zero-order valence-electron chi connectivity index (χ0n) is 21.3. The van der Waals surface area contributed by atoms with Crippen LogP contribution in [0.15, 0.2) is 30.9 Å². The molecule has 0 spiro atoms. The number of carbonyl (C=O) groups excluding carboxylic acids is 1. The lowest BCUT2D eigenvalue weighted by Gasteiger charge is -2.35. The number of benzene rings is 1.